The molecule has 146 valence electrons. The molecule has 6 nitrogen and oxygen atoms in total. The Bertz CT molecular complexity index is 867. The Morgan fingerprint density at radius 2 is 1.63 bits per heavy atom. The number of halogens is 2. The van der Waals surface area contributed by atoms with E-state index in [1.165, 1.54) is 36.4 Å². The van der Waals surface area contributed by atoms with Crippen LogP contribution in [0.25, 0.3) is 0 Å². The van der Waals surface area contributed by atoms with Crippen LogP contribution in [0, 0.1) is 0 Å². The van der Waals surface area contributed by atoms with Crippen molar-refractivity contribution < 1.29 is 26.7 Å². The van der Waals surface area contributed by atoms with Crippen molar-refractivity contribution in [2.75, 3.05) is 6.61 Å². The summed E-state index contributed by atoms with van der Waals surface area (Å²) in [6, 6.07) is 11.8. The van der Waals surface area contributed by atoms with Crippen molar-refractivity contribution in [2.24, 2.45) is 5.10 Å². The highest BCUT2D eigenvalue weighted by Crippen LogP contribution is 2.18. The monoisotopic (exact) mass is 398 g/mol. The SMILES string of the molecule is CCOc1ccc(S(=O)(=O)NN=C(CC)c2ccc(OC(F)F)cc2)cc1. The zero-order valence-electron chi connectivity index (χ0n) is 14.9. The van der Waals surface area contributed by atoms with E-state index in [1.54, 1.807) is 19.1 Å². The Morgan fingerprint density at radius 3 is 2.15 bits per heavy atom. The molecule has 9 heteroatoms. The number of hydrogen-bond donors (Lipinski definition) is 1. The molecule has 0 saturated carbocycles. The van der Waals surface area contributed by atoms with Crippen molar-refractivity contribution in [3.05, 3.63) is 54.1 Å². The fourth-order valence-corrected chi connectivity index (χ4v) is 3.06. The fraction of sp³-hybridized carbons (Fsp3) is 0.278. The molecule has 2 aromatic rings. The molecular formula is C18H20F2N2O4S. The van der Waals surface area contributed by atoms with E-state index in [0.717, 1.165) is 0 Å². The molecule has 0 aliphatic heterocycles. The maximum atomic E-state index is 12.4. The van der Waals surface area contributed by atoms with Crippen LogP contribution < -0.4 is 14.3 Å². The van der Waals surface area contributed by atoms with Gasteiger partial charge < -0.3 is 9.47 Å². The lowest BCUT2D eigenvalue weighted by atomic mass is 10.1. The van der Waals surface area contributed by atoms with Gasteiger partial charge in [-0.15, -0.1) is 0 Å². The van der Waals surface area contributed by atoms with E-state index >= 15 is 0 Å². The molecule has 0 saturated heterocycles. The zero-order valence-corrected chi connectivity index (χ0v) is 15.7. The van der Waals surface area contributed by atoms with Gasteiger partial charge in [0.2, 0.25) is 0 Å². The van der Waals surface area contributed by atoms with E-state index in [1.807, 2.05) is 6.92 Å². The average molecular weight is 398 g/mol. The van der Waals surface area contributed by atoms with Gasteiger partial charge in [-0.2, -0.15) is 27.1 Å². The highest BCUT2D eigenvalue weighted by Gasteiger charge is 2.14. The van der Waals surface area contributed by atoms with Crippen LogP contribution in [0.1, 0.15) is 25.8 Å². The second-order valence-corrected chi connectivity index (χ2v) is 6.97. The van der Waals surface area contributed by atoms with Crippen LogP contribution in [0.2, 0.25) is 0 Å². The van der Waals surface area contributed by atoms with Crippen LogP contribution in [-0.4, -0.2) is 27.3 Å². The van der Waals surface area contributed by atoms with Gasteiger partial charge in [0, 0.05) is 0 Å². The summed E-state index contributed by atoms with van der Waals surface area (Å²) in [5, 5.41) is 3.97. The minimum atomic E-state index is -3.85. The Morgan fingerprint density at radius 1 is 1.04 bits per heavy atom. The minimum Gasteiger partial charge on any atom is -0.494 e. The van der Waals surface area contributed by atoms with Crippen LogP contribution in [0.5, 0.6) is 11.5 Å². The average Bonchev–Trinajstić information content (AvgIpc) is 2.64. The van der Waals surface area contributed by atoms with Crippen molar-refractivity contribution in [1.82, 2.24) is 4.83 Å². The molecule has 0 aliphatic rings. The number of hydrogen-bond acceptors (Lipinski definition) is 5. The van der Waals surface area contributed by atoms with E-state index in [0.29, 0.717) is 30.1 Å². The standard InChI is InChI=1S/C18H20F2N2O4S/c1-3-17(13-5-7-15(8-6-13)26-18(19)20)21-22-27(23,24)16-11-9-14(10-12-16)25-4-2/h5-12,18,22H,3-4H2,1-2H3. The van der Waals surface area contributed by atoms with E-state index in [4.69, 9.17) is 4.74 Å². The Hall–Kier alpha value is -2.68. The van der Waals surface area contributed by atoms with Gasteiger partial charge in [0.15, 0.2) is 0 Å². The van der Waals surface area contributed by atoms with Crippen LogP contribution >= 0.6 is 0 Å². The number of sulfonamides is 1. The lowest BCUT2D eigenvalue weighted by Gasteiger charge is -2.09. The van der Waals surface area contributed by atoms with Gasteiger partial charge in [0.1, 0.15) is 11.5 Å². The first-order valence-corrected chi connectivity index (χ1v) is 9.70. The molecule has 0 spiro atoms. The lowest BCUT2D eigenvalue weighted by Crippen LogP contribution is -2.20. The summed E-state index contributed by atoms with van der Waals surface area (Å²) >= 11 is 0. The van der Waals surface area contributed by atoms with Gasteiger partial charge in [-0.3, -0.25) is 0 Å². The fourth-order valence-electron chi connectivity index (χ4n) is 2.23. The quantitative estimate of drug-likeness (QED) is 0.515. The van der Waals surface area contributed by atoms with Gasteiger partial charge >= 0.3 is 6.61 Å². The van der Waals surface area contributed by atoms with Crippen LogP contribution in [0.3, 0.4) is 0 Å². The molecule has 2 rings (SSSR count). The number of nitrogens with zero attached hydrogens (tertiary/aromatic N) is 1. The summed E-state index contributed by atoms with van der Waals surface area (Å²) in [5.41, 5.74) is 1.04. The summed E-state index contributed by atoms with van der Waals surface area (Å²) in [4.78, 5) is 2.24. The zero-order chi connectivity index (χ0) is 19.9. The first-order chi connectivity index (χ1) is 12.9. The maximum Gasteiger partial charge on any atom is 0.387 e. The van der Waals surface area contributed by atoms with Crippen molar-refractivity contribution in [2.45, 2.75) is 31.8 Å². The van der Waals surface area contributed by atoms with Gasteiger partial charge in [0.25, 0.3) is 10.0 Å². The summed E-state index contributed by atoms with van der Waals surface area (Å²) in [5.74, 6) is 0.583. The third-order valence-electron chi connectivity index (χ3n) is 3.49. The summed E-state index contributed by atoms with van der Waals surface area (Å²) in [6.07, 6.45) is 0.431. The summed E-state index contributed by atoms with van der Waals surface area (Å²) in [7, 11) is -3.85. The second-order valence-electron chi connectivity index (χ2n) is 5.31. The summed E-state index contributed by atoms with van der Waals surface area (Å²) < 4.78 is 58.7. The first-order valence-electron chi connectivity index (χ1n) is 8.22. The van der Waals surface area contributed by atoms with Crippen molar-refractivity contribution >= 4 is 15.7 Å². The van der Waals surface area contributed by atoms with Gasteiger partial charge in [-0.1, -0.05) is 6.92 Å². The third-order valence-corrected chi connectivity index (χ3v) is 4.72. The van der Waals surface area contributed by atoms with Gasteiger partial charge in [0.05, 0.1) is 17.2 Å². The third kappa shape index (κ3) is 5.92. The smallest absolute Gasteiger partial charge is 0.387 e. The first kappa shape index (κ1) is 20.6. The normalized spacial score (nSPS) is 12.1. The topological polar surface area (TPSA) is 77.0 Å². The van der Waals surface area contributed by atoms with Crippen LogP contribution in [-0.2, 0) is 10.0 Å². The predicted octanol–water partition coefficient (Wildman–Crippen LogP) is 3.78. The number of hydrazone groups is 1. The molecule has 0 amide bonds. The Kier molecular flexibility index (Phi) is 7.12. The number of nitrogens with one attached hydrogen (secondary N) is 1. The molecule has 0 radical (unpaired) electrons. The molecular weight excluding hydrogens is 378 g/mol. The number of benzene rings is 2. The van der Waals surface area contributed by atoms with E-state index in [9.17, 15) is 17.2 Å². The number of ether oxygens (including phenoxy) is 2. The van der Waals surface area contributed by atoms with Gasteiger partial charge in [-0.05, 0) is 67.4 Å². The molecule has 0 unspecified atom stereocenters. The van der Waals surface area contributed by atoms with Crippen molar-refractivity contribution in [1.29, 1.82) is 0 Å². The summed E-state index contributed by atoms with van der Waals surface area (Å²) in [6.45, 7) is 1.21. The molecule has 0 aliphatic carbocycles. The van der Waals surface area contributed by atoms with E-state index in [2.05, 4.69) is 14.7 Å². The Labute approximate surface area is 156 Å². The second kappa shape index (κ2) is 9.31. The predicted molar refractivity (Wildman–Crippen MR) is 97.8 cm³/mol. The highest BCUT2D eigenvalue weighted by atomic mass is 32.2. The van der Waals surface area contributed by atoms with E-state index < -0.39 is 16.6 Å². The lowest BCUT2D eigenvalue weighted by molar-refractivity contribution is -0.0498. The highest BCUT2D eigenvalue weighted by molar-refractivity contribution is 7.89. The number of alkyl halides is 2. The number of rotatable bonds is 9. The Balaban J connectivity index is 2.14. The maximum absolute atomic E-state index is 12.4. The van der Waals surface area contributed by atoms with E-state index in [-0.39, 0.29) is 10.6 Å². The minimum absolute atomic E-state index is 0.0131. The molecule has 2 aromatic carbocycles. The van der Waals surface area contributed by atoms with Crippen LogP contribution in [0.15, 0.2) is 58.5 Å². The van der Waals surface area contributed by atoms with Crippen molar-refractivity contribution in [3.63, 3.8) is 0 Å². The van der Waals surface area contributed by atoms with Crippen LogP contribution in [0.4, 0.5) is 8.78 Å². The molecule has 0 aromatic heterocycles. The largest absolute Gasteiger partial charge is 0.494 e. The molecule has 1 N–H and O–H groups in total. The molecule has 0 bridgehead atoms. The van der Waals surface area contributed by atoms with Gasteiger partial charge in [-0.25, -0.2) is 0 Å². The molecule has 0 fully saturated rings. The molecule has 27 heavy (non-hydrogen) atoms. The van der Waals surface area contributed by atoms with Crippen molar-refractivity contribution in [3.8, 4) is 11.5 Å². The molecule has 0 heterocycles. The molecule has 0 atom stereocenters.